The molecule has 1 aromatic carbocycles. The minimum Gasteiger partial charge on any atom is -0.496 e. The van der Waals surface area contributed by atoms with Crippen molar-refractivity contribution >= 4 is 12.4 Å². The van der Waals surface area contributed by atoms with Crippen molar-refractivity contribution in [3.8, 4) is 17.2 Å². The van der Waals surface area contributed by atoms with Gasteiger partial charge in [-0.3, -0.25) is 4.90 Å². The summed E-state index contributed by atoms with van der Waals surface area (Å²) < 4.78 is 16.3. The lowest BCUT2D eigenvalue weighted by atomic mass is 10.1. The van der Waals surface area contributed by atoms with E-state index in [2.05, 4.69) is 17.1 Å². The Morgan fingerprint density at radius 3 is 2.24 bits per heavy atom. The van der Waals surface area contributed by atoms with Crippen LogP contribution in [-0.4, -0.2) is 51.9 Å². The molecule has 2 rings (SSSR count). The smallest absolute Gasteiger partial charge is 0.130 e. The van der Waals surface area contributed by atoms with E-state index in [0.717, 1.165) is 49.0 Å². The lowest BCUT2D eigenvalue weighted by Crippen LogP contribution is -2.48. The Bertz CT molecular complexity index is 432. The zero-order chi connectivity index (χ0) is 14.5. The van der Waals surface area contributed by atoms with Crippen molar-refractivity contribution in [3.63, 3.8) is 0 Å². The van der Waals surface area contributed by atoms with Gasteiger partial charge in [0.15, 0.2) is 0 Å². The minimum atomic E-state index is 0. The number of benzene rings is 1. The molecule has 0 amide bonds. The molecule has 0 aliphatic carbocycles. The van der Waals surface area contributed by atoms with Gasteiger partial charge >= 0.3 is 0 Å². The quantitative estimate of drug-likeness (QED) is 0.899. The molecule has 0 saturated carbocycles. The molecular formula is C15H25ClN2O3. The van der Waals surface area contributed by atoms with Crippen LogP contribution in [0.2, 0.25) is 0 Å². The fourth-order valence-corrected chi connectivity index (χ4v) is 2.61. The van der Waals surface area contributed by atoms with Crippen LogP contribution in [0.1, 0.15) is 12.5 Å². The van der Waals surface area contributed by atoms with Crippen LogP contribution in [0.15, 0.2) is 12.1 Å². The van der Waals surface area contributed by atoms with E-state index >= 15 is 0 Å². The van der Waals surface area contributed by atoms with E-state index in [-0.39, 0.29) is 12.4 Å². The summed E-state index contributed by atoms with van der Waals surface area (Å²) in [5, 5.41) is 3.45. The van der Waals surface area contributed by atoms with E-state index in [9.17, 15) is 0 Å². The number of methoxy groups -OCH3 is 3. The van der Waals surface area contributed by atoms with Crippen LogP contribution < -0.4 is 19.5 Å². The van der Waals surface area contributed by atoms with Crippen LogP contribution in [0.5, 0.6) is 17.2 Å². The number of nitrogens with zero attached hydrogens (tertiary/aromatic N) is 1. The number of halogens is 1. The number of nitrogens with one attached hydrogen (secondary N) is 1. The number of hydrogen-bond donors (Lipinski definition) is 1. The first-order valence-corrected chi connectivity index (χ1v) is 6.92. The summed E-state index contributed by atoms with van der Waals surface area (Å²) in [6.07, 6.45) is 0. The van der Waals surface area contributed by atoms with Crippen molar-refractivity contribution in [1.29, 1.82) is 0 Å². The summed E-state index contributed by atoms with van der Waals surface area (Å²) in [5.74, 6) is 2.37. The van der Waals surface area contributed by atoms with Crippen molar-refractivity contribution in [3.05, 3.63) is 17.7 Å². The molecule has 5 nitrogen and oxygen atoms in total. The van der Waals surface area contributed by atoms with Gasteiger partial charge in [-0.05, 0) is 6.92 Å². The van der Waals surface area contributed by atoms with Gasteiger partial charge in [-0.15, -0.1) is 12.4 Å². The highest BCUT2D eigenvalue weighted by Gasteiger charge is 2.20. The van der Waals surface area contributed by atoms with Crippen LogP contribution >= 0.6 is 12.4 Å². The van der Waals surface area contributed by atoms with Crippen molar-refractivity contribution in [2.24, 2.45) is 0 Å². The molecule has 0 spiro atoms. The van der Waals surface area contributed by atoms with Gasteiger partial charge in [-0.1, -0.05) is 0 Å². The average Bonchev–Trinajstić information content (AvgIpc) is 2.47. The van der Waals surface area contributed by atoms with Gasteiger partial charge in [0.1, 0.15) is 17.2 Å². The summed E-state index contributed by atoms with van der Waals surface area (Å²) in [7, 11) is 5.00. The summed E-state index contributed by atoms with van der Waals surface area (Å²) in [6.45, 7) is 6.10. The molecule has 1 heterocycles. The Kier molecular flexibility index (Phi) is 7.08. The maximum absolute atomic E-state index is 5.50. The van der Waals surface area contributed by atoms with E-state index in [1.165, 1.54) is 0 Å². The third-order valence-electron chi connectivity index (χ3n) is 3.65. The van der Waals surface area contributed by atoms with Crippen molar-refractivity contribution in [1.82, 2.24) is 10.2 Å². The summed E-state index contributed by atoms with van der Waals surface area (Å²) >= 11 is 0. The van der Waals surface area contributed by atoms with Crippen LogP contribution in [0, 0.1) is 0 Å². The molecule has 1 fully saturated rings. The van der Waals surface area contributed by atoms with Crippen molar-refractivity contribution in [2.45, 2.75) is 19.5 Å². The highest BCUT2D eigenvalue weighted by atomic mass is 35.5. The predicted octanol–water partition coefficient (Wildman–Crippen LogP) is 1.93. The molecule has 0 aromatic heterocycles. The third-order valence-corrected chi connectivity index (χ3v) is 3.65. The monoisotopic (exact) mass is 316 g/mol. The van der Waals surface area contributed by atoms with E-state index < -0.39 is 0 Å². The Hall–Kier alpha value is -1.17. The second-order valence-electron chi connectivity index (χ2n) is 5.10. The summed E-state index contributed by atoms with van der Waals surface area (Å²) in [6, 6.07) is 4.33. The first-order valence-electron chi connectivity index (χ1n) is 6.92. The van der Waals surface area contributed by atoms with Gasteiger partial charge < -0.3 is 19.5 Å². The zero-order valence-corrected chi connectivity index (χ0v) is 14.0. The Labute approximate surface area is 133 Å². The van der Waals surface area contributed by atoms with Crippen molar-refractivity contribution in [2.75, 3.05) is 41.0 Å². The number of piperazine rings is 1. The highest BCUT2D eigenvalue weighted by Crippen LogP contribution is 2.35. The molecule has 0 bridgehead atoms. The van der Waals surface area contributed by atoms with Crippen LogP contribution in [-0.2, 0) is 6.54 Å². The van der Waals surface area contributed by atoms with Crippen LogP contribution in [0.3, 0.4) is 0 Å². The summed E-state index contributed by atoms with van der Waals surface area (Å²) in [4.78, 5) is 2.41. The lowest BCUT2D eigenvalue weighted by Gasteiger charge is -2.32. The fraction of sp³-hybridized carbons (Fsp3) is 0.600. The van der Waals surface area contributed by atoms with E-state index in [1.54, 1.807) is 21.3 Å². The van der Waals surface area contributed by atoms with E-state index in [4.69, 9.17) is 14.2 Å². The summed E-state index contributed by atoms with van der Waals surface area (Å²) in [5.41, 5.74) is 1.07. The Balaban J connectivity index is 0.00000220. The molecule has 1 atom stereocenters. The second kappa shape index (κ2) is 8.32. The molecule has 1 unspecified atom stereocenters. The van der Waals surface area contributed by atoms with Gasteiger partial charge in [0, 0.05) is 44.4 Å². The molecule has 1 aliphatic rings. The van der Waals surface area contributed by atoms with Crippen molar-refractivity contribution < 1.29 is 14.2 Å². The third kappa shape index (κ3) is 4.40. The van der Waals surface area contributed by atoms with Gasteiger partial charge in [0.2, 0.25) is 0 Å². The number of rotatable bonds is 5. The number of hydrogen-bond acceptors (Lipinski definition) is 5. The molecule has 1 aromatic rings. The van der Waals surface area contributed by atoms with Crippen LogP contribution in [0.4, 0.5) is 0 Å². The Morgan fingerprint density at radius 2 is 1.76 bits per heavy atom. The lowest BCUT2D eigenvalue weighted by molar-refractivity contribution is 0.195. The highest BCUT2D eigenvalue weighted by molar-refractivity contribution is 5.85. The average molecular weight is 317 g/mol. The van der Waals surface area contributed by atoms with Gasteiger partial charge in [-0.25, -0.2) is 0 Å². The maximum Gasteiger partial charge on any atom is 0.130 e. The van der Waals surface area contributed by atoms with Crippen LogP contribution in [0.25, 0.3) is 0 Å². The molecule has 1 saturated heterocycles. The fourth-order valence-electron chi connectivity index (χ4n) is 2.61. The first kappa shape index (κ1) is 17.9. The largest absolute Gasteiger partial charge is 0.496 e. The zero-order valence-electron chi connectivity index (χ0n) is 13.1. The molecule has 21 heavy (non-hydrogen) atoms. The standard InChI is InChI=1S/C15H24N2O3.ClH/c1-11-9-17(6-5-16-11)10-13-14(19-3)7-12(18-2)8-15(13)20-4;/h7-8,11,16H,5-6,9-10H2,1-4H3;1H. The molecule has 1 aliphatic heterocycles. The molecule has 6 heteroatoms. The van der Waals surface area contributed by atoms with Gasteiger partial charge in [-0.2, -0.15) is 0 Å². The minimum absolute atomic E-state index is 0. The van der Waals surface area contributed by atoms with E-state index in [1.807, 2.05) is 12.1 Å². The molecule has 120 valence electrons. The second-order valence-corrected chi connectivity index (χ2v) is 5.10. The molecular weight excluding hydrogens is 292 g/mol. The molecule has 1 N–H and O–H groups in total. The van der Waals surface area contributed by atoms with E-state index in [0.29, 0.717) is 6.04 Å². The first-order chi connectivity index (χ1) is 9.67. The normalized spacial score (nSPS) is 18.8. The van der Waals surface area contributed by atoms with Gasteiger partial charge in [0.05, 0.1) is 26.9 Å². The molecule has 0 radical (unpaired) electrons. The SMILES string of the molecule is COc1cc(OC)c(CN2CCNC(C)C2)c(OC)c1.Cl. The topological polar surface area (TPSA) is 43.0 Å². The maximum atomic E-state index is 5.50. The number of ether oxygens (including phenoxy) is 3. The van der Waals surface area contributed by atoms with Gasteiger partial charge in [0.25, 0.3) is 0 Å². The Morgan fingerprint density at radius 1 is 1.14 bits per heavy atom. The predicted molar refractivity (Wildman–Crippen MR) is 86.1 cm³/mol.